The van der Waals surface area contributed by atoms with Gasteiger partial charge in [0, 0.05) is 11.7 Å². The van der Waals surface area contributed by atoms with Gasteiger partial charge in [-0.3, -0.25) is 4.79 Å². The van der Waals surface area contributed by atoms with Gasteiger partial charge in [-0.1, -0.05) is 32.9 Å². The Morgan fingerprint density at radius 3 is 2.59 bits per heavy atom. The fourth-order valence-electron chi connectivity index (χ4n) is 2.24. The molecular formula is C14H20N2O. The number of anilines is 1. The molecule has 1 unspecified atom stereocenters. The SMILES string of the molecule is Cc1cc(C(N)C(C)(C)C)cc2c1NC(=O)C2. The third-order valence-corrected chi connectivity index (χ3v) is 3.35. The monoisotopic (exact) mass is 232 g/mol. The van der Waals surface area contributed by atoms with Crippen molar-refractivity contribution in [1.29, 1.82) is 0 Å². The fraction of sp³-hybridized carbons (Fsp3) is 0.500. The third-order valence-electron chi connectivity index (χ3n) is 3.35. The largest absolute Gasteiger partial charge is 0.325 e. The van der Waals surface area contributed by atoms with E-state index in [9.17, 15) is 4.79 Å². The lowest BCUT2D eigenvalue weighted by Crippen LogP contribution is -2.26. The van der Waals surface area contributed by atoms with Crippen LogP contribution in [0.4, 0.5) is 5.69 Å². The van der Waals surface area contributed by atoms with E-state index >= 15 is 0 Å². The summed E-state index contributed by atoms with van der Waals surface area (Å²) in [5, 5.41) is 2.89. The Labute approximate surface area is 102 Å². The van der Waals surface area contributed by atoms with Crippen LogP contribution < -0.4 is 11.1 Å². The van der Waals surface area contributed by atoms with Crippen molar-refractivity contribution >= 4 is 11.6 Å². The highest BCUT2D eigenvalue weighted by molar-refractivity contribution is 6.00. The predicted octanol–water partition coefficient (Wildman–Crippen LogP) is 2.54. The maximum absolute atomic E-state index is 11.4. The number of aryl methyl sites for hydroxylation is 1. The van der Waals surface area contributed by atoms with Gasteiger partial charge in [0.1, 0.15) is 0 Å². The minimum atomic E-state index is -0.0118. The average Bonchev–Trinajstić information content (AvgIpc) is 2.56. The smallest absolute Gasteiger partial charge is 0.228 e. The van der Waals surface area contributed by atoms with E-state index in [4.69, 9.17) is 5.73 Å². The van der Waals surface area contributed by atoms with Gasteiger partial charge >= 0.3 is 0 Å². The van der Waals surface area contributed by atoms with Crippen molar-refractivity contribution in [2.24, 2.45) is 11.1 Å². The molecule has 2 rings (SSSR count). The van der Waals surface area contributed by atoms with Gasteiger partial charge in [-0.15, -0.1) is 0 Å². The molecule has 0 saturated carbocycles. The normalized spacial score (nSPS) is 16.6. The van der Waals surface area contributed by atoms with Crippen LogP contribution in [-0.4, -0.2) is 5.91 Å². The predicted molar refractivity (Wildman–Crippen MR) is 69.9 cm³/mol. The molecule has 0 bridgehead atoms. The molecule has 0 aromatic heterocycles. The van der Waals surface area contributed by atoms with Crippen LogP contribution in [-0.2, 0) is 11.2 Å². The van der Waals surface area contributed by atoms with E-state index in [1.54, 1.807) is 0 Å². The summed E-state index contributed by atoms with van der Waals surface area (Å²) in [7, 11) is 0. The lowest BCUT2D eigenvalue weighted by atomic mass is 9.82. The quantitative estimate of drug-likeness (QED) is 0.781. The molecule has 17 heavy (non-hydrogen) atoms. The topological polar surface area (TPSA) is 55.1 Å². The molecule has 1 aromatic rings. The molecule has 0 radical (unpaired) electrons. The minimum absolute atomic E-state index is 0.0118. The Balaban J connectivity index is 2.43. The molecule has 92 valence electrons. The van der Waals surface area contributed by atoms with Crippen LogP contribution in [0.3, 0.4) is 0 Å². The van der Waals surface area contributed by atoms with Gasteiger partial charge < -0.3 is 11.1 Å². The first-order valence-corrected chi connectivity index (χ1v) is 5.98. The first-order chi connectivity index (χ1) is 7.79. The zero-order valence-corrected chi connectivity index (χ0v) is 10.9. The number of hydrogen-bond acceptors (Lipinski definition) is 2. The molecule has 1 aliphatic heterocycles. The molecule has 1 atom stereocenters. The average molecular weight is 232 g/mol. The van der Waals surface area contributed by atoms with Crippen molar-refractivity contribution < 1.29 is 4.79 Å². The lowest BCUT2D eigenvalue weighted by Gasteiger charge is -2.28. The van der Waals surface area contributed by atoms with Crippen molar-refractivity contribution in [3.63, 3.8) is 0 Å². The minimum Gasteiger partial charge on any atom is -0.325 e. The second-order valence-electron chi connectivity index (χ2n) is 5.94. The van der Waals surface area contributed by atoms with Crippen LogP contribution in [0.1, 0.15) is 43.5 Å². The van der Waals surface area contributed by atoms with Gasteiger partial charge in [0.05, 0.1) is 6.42 Å². The Morgan fingerprint density at radius 2 is 2.00 bits per heavy atom. The Bertz CT molecular complexity index is 472. The van der Waals surface area contributed by atoms with Gasteiger partial charge in [-0.25, -0.2) is 0 Å². The maximum atomic E-state index is 11.4. The molecule has 1 aliphatic rings. The summed E-state index contributed by atoms with van der Waals surface area (Å²) in [6.45, 7) is 8.40. The van der Waals surface area contributed by atoms with E-state index in [0.717, 1.165) is 22.4 Å². The molecule has 1 heterocycles. The van der Waals surface area contributed by atoms with E-state index in [0.29, 0.717) is 6.42 Å². The summed E-state index contributed by atoms with van der Waals surface area (Å²) in [5.41, 5.74) is 10.6. The number of carbonyl (C=O) groups is 1. The molecule has 3 nitrogen and oxygen atoms in total. The maximum Gasteiger partial charge on any atom is 0.228 e. The molecule has 1 aromatic carbocycles. The van der Waals surface area contributed by atoms with E-state index in [2.05, 4.69) is 38.2 Å². The molecule has 3 heteroatoms. The summed E-state index contributed by atoms with van der Waals surface area (Å²) in [5.74, 6) is 0.0737. The van der Waals surface area contributed by atoms with Gasteiger partial charge in [0.2, 0.25) is 5.91 Å². The van der Waals surface area contributed by atoms with Gasteiger partial charge in [-0.05, 0) is 29.0 Å². The highest BCUT2D eigenvalue weighted by atomic mass is 16.1. The summed E-state index contributed by atoms with van der Waals surface area (Å²) in [6, 6.07) is 4.14. The van der Waals surface area contributed by atoms with Crippen molar-refractivity contribution in [2.75, 3.05) is 5.32 Å². The summed E-state index contributed by atoms with van der Waals surface area (Å²) >= 11 is 0. The molecule has 1 amide bonds. The highest BCUT2D eigenvalue weighted by Crippen LogP contribution is 2.35. The van der Waals surface area contributed by atoms with Crippen LogP contribution in [0.15, 0.2) is 12.1 Å². The second kappa shape index (κ2) is 3.84. The van der Waals surface area contributed by atoms with Crippen LogP contribution in [0.25, 0.3) is 0 Å². The first-order valence-electron chi connectivity index (χ1n) is 5.98. The van der Waals surface area contributed by atoms with Crippen molar-refractivity contribution in [3.8, 4) is 0 Å². The van der Waals surface area contributed by atoms with Crippen LogP contribution in [0, 0.1) is 12.3 Å². The van der Waals surface area contributed by atoms with Crippen LogP contribution in [0.2, 0.25) is 0 Å². The highest BCUT2D eigenvalue weighted by Gasteiger charge is 2.26. The zero-order valence-electron chi connectivity index (χ0n) is 10.9. The zero-order chi connectivity index (χ0) is 12.8. The Kier molecular flexibility index (Phi) is 2.74. The van der Waals surface area contributed by atoms with Crippen LogP contribution in [0.5, 0.6) is 0 Å². The lowest BCUT2D eigenvalue weighted by molar-refractivity contribution is -0.115. The molecule has 3 N–H and O–H groups in total. The number of carbonyl (C=O) groups excluding carboxylic acids is 1. The second-order valence-corrected chi connectivity index (χ2v) is 5.94. The van der Waals surface area contributed by atoms with Gasteiger partial charge in [-0.2, -0.15) is 0 Å². The number of nitrogens with two attached hydrogens (primary N) is 1. The Morgan fingerprint density at radius 1 is 1.35 bits per heavy atom. The summed E-state index contributed by atoms with van der Waals surface area (Å²) < 4.78 is 0. The summed E-state index contributed by atoms with van der Waals surface area (Å²) in [6.07, 6.45) is 0.473. The number of benzene rings is 1. The van der Waals surface area contributed by atoms with Gasteiger partial charge in [0.15, 0.2) is 0 Å². The number of amides is 1. The third kappa shape index (κ3) is 2.20. The Hall–Kier alpha value is -1.35. The molecule has 0 spiro atoms. The van der Waals surface area contributed by atoms with E-state index in [-0.39, 0.29) is 17.4 Å². The standard InChI is InChI=1S/C14H20N2O/c1-8-5-10(13(15)14(2,3)4)6-9-7-11(17)16-12(8)9/h5-6,13H,7,15H2,1-4H3,(H,16,17). The van der Waals surface area contributed by atoms with Crippen molar-refractivity contribution in [1.82, 2.24) is 0 Å². The first kappa shape index (κ1) is 12.1. The molecular weight excluding hydrogens is 212 g/mol. The number of fused-ring (bicyclic) bond motifs is 1. The molecule has 0 fully saturated rings. The van der Waals surface area contributed by atoms with Gasteiger partial charge in [0.25, 0.3) is 0 Å². The number of hydrogen-bond donors (Lipinski definition) is 2. The van der Waals surface area contributed by atoms with Crippen LogP contribution >= 0.6 is 0 Å². The van der Waals surface area contributed by atoms with E-state index in [1.807, 2.05) is 6.92 Å². The van der Waals surface area contributed by atoms with Crippen molar-refractivity contribution in [2.45, 2.75) is 40.2 Å². The van der Waals surface area contributed by atoms with E-state index in [1.165, 1.54) is 0 Å². The fourth-order valence-corrected chi connectivity index (χ4v) is 2.24. The molecule has 0 aliphatic carbocycles. The molecule has 0 saturated heterocycles. The van der Waals surface area contributed by atoms with E-state index < -0.39 is 0 Å². The van der Waals surface area contributed by atoms with Crippen molar-refractivity contribution in [3.05, 3.63) is 28.8 Å². The number of nitrogens with one attached hydrogen (secondary N) is 1. The summed E-state index contributed by atoms with van der Waals surface area (Å²) in [4.78, 5) is 11.4. The number of rotatable bonds is 1.